The Morgan fingerprint density at radius 2 is 2.07 bits per heavy atom. The third kappa shape index (κ3) is 3.52. The molecule has 1 aromatic carbocycles. The molecule has 7 heteroatoms. The summed E-state index contributed by atoms with van der Waals surface area (Å²) in [5.41, 5.74) is 1.47. The van der Waals surface area contributed by atoms with Gasteiger partial charge in [0.15, 0.2) is 5.82 Å². The first-order valence-electron chi connectivity index (χ1n) is 9.60. The predicted molar refractivity (Wildman–Crippen MR) is 113 cm³/mol. The fourth-order valence-corrected chi connectivity index (χ4v) is 4.69. The molecule has 0 aliphatic heterocycles. The number of nitrogens with one attached hydrogen (secondary N) is 2. The highest BCUT2D eigenvalue weighted by molar-refractivity contribution is 7.99. The van der Waals surface area contributed by atoms with Crippen LogP contribution in [0.25, 0.3) is 10.9 Å². The Hall–Kier alpha value is -2.72. The van der Waals surface area contributed by atoms with E-state index in [1.54, 1.807) is 6.20 Å². The largest absolute Gasteiger partial charge is 0.338 e. The summed E-state index contributed by atoms with van der Waals surface area (Å²) in [7, 11) is 0. The van der Waals surface area contributed by atoms with E-state index in [-0.39, 0.29) is 17.5 Å². The van der Waals surface area contributed by atoms with Crippen molar-refractivity contribution >= 4 is 34.2 Å². The molecule has 0 amide bonds. The molecule has 0 radical (unpaired) electrons. The molecule has 1 saturated carbocycles. The van der Waals surface area contributed by atoms with Gasteiger partial charge in [-0.25, -0.2) is 0 Å². The van der Waals surface area contributed by atoms with Crippen LogP contribution in [-0.2, 0) is 0 Å². The second-order valence-corrected chi connectivity index (χ2v) is 9.06. The lowest BCUT2D eigenvalue weighted by molar-refractivity contribution is 0.423. The van der Waals surface area contributed by atoms with Gasteiger partial charge in [-0.3, -0.25) is 9.48 Å². The molecule has 2 N–H and O–H groups in total. The van der Waals surface area contributed by atoms with E-state index in [0.29, 0.717) is 16.5 Å². The number of anilines is 2. The van der Waals surface area contributed by atoms with Crippen molar-refractivity contribution in [2.75, 3.05) is 5.32 Å². The Morgan fingerprint density at radius 3 is 2.79 bits per heavy atom. The monoisotopic (exact) mass is 393 g/mol. The Bertz CT molecular complexity index is 1080. The van der Waals surface area contributed by atoms with Gasteiger partial charge in [-0.1, -0.05) is 13.8 Å². The van der Waals surface area contributed by atoms with E-state index in [1.807, 2.05) is 34.6 Å². The quantitative estimate of drug-likeness (QED) is 0.606. The third-order valence-electron chi connectivity index (χ3n) is 5.08. The number of fused-ring (bicyclic) bond motifs is 1. The number of H-pyrrole nitrogens is 1. The minimum absolute atomic E-state index is 0.00895. The zero-order chi connectivity index (χ0) is 19.7. The molecule has 0 saturated heterocycles. The number of pyridine rings is 1. The predicted octanol–water partition coefficient (Wildman–Crippen LogP) is 4.83. The zero-order valence-corrected chi connectivity index (χ0v) is 16.8. The van der Waals surface area contributed by atoms with Gasteiger partial charge in [0.2, 0.25) is 0 Å². The number of hydrogen-bond donors (Lipinski definition) is 2. The lowest BCUT2D eigenvalue weighted by Gasteiger charge is -2.15. The molecule has 3 aromatic rings. The molecular formula is C21H23N5OS. The number of hydrogen-bond acceptors (Lipinski definition) is 5. The summed E-state index contributed by atoms with van der Waals surface area (Å²) in [5, 5.41) is 18.6. The van der Waals surface area contributed by atoms with Crippen LogP contribution in [0.1, 0.15) is 39.2 Å². The number of benzene rings is 1. The zero-order valence-electron chi connectivity index (χ0n) is 16.0. The highest BCUT2D eigenvalue weighted by Gasteiger charge is 2.31. The van der Waals surface area contributed by atoms with Crippen molar-refractivity contribution in [3.63, 3.8) is 0 Å². The summed E-state index contributed by atoms with van der Waals surface area (Å²) in [5.74, 6) is 0.465. The molecular weight excluding hydrogens is 370 g/mol. The van der Waals surface area contributed by atoms with Gasteiger partial charge in [0.05, 0.1) is 23.5 Å². The summed E-state index contributed by atoms with van der Waals surface area (Å²) >= 11 is 1.81. The molecule has 2 atom stereocenters. The van der Waals surface area contributed by atoms with Gasteiger partial charge >= 0.3 is 0 Å². The van der Waals surface area contributed by atoms with E-state index in [1.165, 1.54) is 4.90 Å². The molecule has 0 spiro atoms. The van der Waals surface area contributed by atoms with Gasteiger partial charge in [-0.15, -0.1) is 11.8 Å². The maximum absolute atomic E-state index is 12.5. The Kier molecular flexibility index (Phi) is 5.14. The van der Waals surface area contributed by atoms with Crippen molar-refractivity contribution in [2.24, 2.45) is 5.92 Å². The minimum Gasteiger partial charge on any atom is -0.338 e. The normalized spacial score (nSPS) is 19.2. The molecule has 28 heavy (non-hydrogen) atoms. The minimum atomic E-state index is -0.176. The molecule has 1 aliphatic carbocycles. The Labute approximate surface area is 168 Å². The Morgan fingerprint density at radius 1 is 1.29 bits per heavy atom. The number of thioether (sulfide) groups is 1. The number of aromatic amines is 1. The van der Waals surface area contributed by atoms with Crippen molar-refractivity contribution in [2.45, 2.75) is 49.3 Å². The van der Waals surface area contributed by atoms with Gasteiger partial charge in [0.25, 0.3) is 5.56 Å². The maximum Gasteiger partial charge on any atom is 0.261 e. The molecule has 1 aliphatic rings. The first-order valence-corrected chi connectivity index (χ1v) is 10.5. The molecule has 0 bridgehead atoms. The van der Waals surface area contributed by atoms with E-state index < -0.39 is 0 Å². The average Bonchev–Trinajstić information content (AvgIpc) is 3.28. The Balaban J connectivity index is 1.71. The summed E-state index contributed by atoms with van der Waals surface area (Å²) in [4.78, 5) is 16.5. The van der Waals surface area contributed by atoms with Crippen molar-refractivity contribution in [3.8, 4) is 6.07 Å². The molecule has 4 rings (SSSR count). The first-order chi connectivity index (χ1) is 13.6. The molecule has 2 heterocycles. The highest BCUT2D eigenvalue weighted by atomic mass is 32.2. The van der Waals surface area contributed by atoms with Crippen molar-refractivity contribution in [1.29, 1.82) is 5.26 Å². The van der Waals surface area contributed by atoms with Crippen LogP contribution in [0.5, 0.6) is 0 Å². The fourth-order valence-electron chi connectivity index (χ4n) is 3.85. The van der Waals surface area contributed by atoms with Crippen molar-refractivity contribution < 1.29 is 0 Å². The number of rotatable bonds is 5. The summed E-state index contributed by atoms with van der Waals surface area (Å²) in [6.45, 7) is 4.33. The van der Waals surface area contributed by atoms with E-state index in [9.17, 15) is 10.1 Å². The van der Waals surface area contributed by atoms with Gasteiger partial charge < -0.3 is 10.3 Å². The van der Waals surface area contributed by atoms with Gasteiger partial charge in [0.1, 0.15) is 5.39 Å². The first kappa shape index (κ1) is 18.6. The SMILES string of the molecule is CC(C)Sc1ccc(Nc2nn([C@H]3CCCC3C#N)c3cc[nH]c(=O)c23)cc1. The maximum atomic E-state index is 12.5. The van der Waals surface area contributed by atoms with Crippen LogP contribution in [0.4, 0.5) is 11.5 Å². The number of nitrogens with zero attached hydrogens (tertiary/aromatic N) is 3. The van der Waals surface area contributed by atoms with Crippen LogP contribution in [0.2, 0.25) is 0 Å². The average molecular weight is 394 g/mol. The molecule has 144 valence electrons. The fraction of sp³-hybridized carbons (Fsp3) is 0.381. The lowest BCUT2D eigenvalue weighted by Crippen LogP contribution is -2.14. The van der Waals surface area contributed by atoms with E-state index in [0.717, 1.165) is 30.5 Å². The van der Waals surface area contributed by atoms with Crippen molar-refractivity contribution in [3.05, 3.63) is 46.9 Å². The summed E-state index contributed by atoms with van der Waals surface area (Å²) in [6, 6.07) is 12.4. The van der Waals surface area contributed by atoms with Gasteiger partial charge in [-0.05, 0) is 49.6 Å². The van der Waals surface area contributed by atoms with E-state index >= 15 is 0 Å². The van der Waals surface area contributed by atoms with Gasteiger partial charge in [-0.2, -0.15) is 10.4 Å². The molecule has 1 fully saturated rings. The lowest BCUT2D eigenvalue weighted by atomic mass is 10.1. The number of aromatic nitrogens is 3. The van der Waals surface area contributed by atoms with Crippen LogP contribution >= 0.6 is 11.8 Å². The summed E-state index contributed by atoms with van der Waals surface area (Å²) < 4.78 is 1.87. The standard InChI is InChI=1S/C21H23N5OS/c1-13(2)28-16-8-6-15(7-9-16)24-20-19-18(10-11-23-21(19)27)26(25-20)17-5-3-4-14(17)12-22/h6-11,13-14,17H,3-5H2,1-2H3,(H,23,27)(H,24,25)/t14?,17-/m0/s1. The third-order valence-corrected chi connectivity index (χ3v) is 6.09. The van der Waals surface area contributed by atoms with E-state index in [4.69, 9.17) is 5.10 Å². The number of nitriles is 1. The van der Waals surface area contributed by atoms with Crippen LogP contribution in [-0.4, -0.2) is 20.0 Å². The smallest absolute Gasteiger partial charge is 0.261 e. The van der Waals surface area contributed by atoms with Crippen LogP contribution < -0.4 is 10.9 Å². The van der Waals surface area contributed by atoms with E-state index in [2.05, 4.69) is 42.4 Å². The topological polar surface area (TPSA) is 86.5 Å². The molecule has 6 nitrogen and oxygen atoms in total. The van der Waals surface area contributed by atoms with Crippen LogP contribution in [0.3, 0.4) is 0 Å². The highest BCUT2D eigenvalue weighted by Crippen LogP contribution is 2.38. The molecule has 2 aromatic heterocycles. The second kappa shape index (κ2) is 7.72. The van der Waals surface area contributed by atoms with Crippen molar-refractivity contribution in [1.82, 2.24) is 14.8 Å². The molecule has 1 unspecified atom stereocenters. The second-order valence-electron chi connectivity index (χ2n) is 7.41. The van der Waals surface area contributed by atoms with Crippen LogP contribution in [0.15, 0.2) is 46.2 Å². The summed E-state index contributed by atoms with van der Waals surface area (Å²) in [6.07, 6.45) is 4.43. The van der Waals surface area contributed by atoms with Gasteiger partial charge in [0, 0.05) is 22.0 Å². The van der Waals surface area contributed by atoms with Crippen LogP contribution in [0, 0.1) is 17.2 Å².